The molecule has 1 unspecified atom stereocenters. The van der Waals surface area contributed by atoms with Gasteiger partial charge in [-0.15, -0.1) is 0 Å². The van der Waals surface area contributed by atoms with Crippen LogP contribution in [0.25, 0.3) is 0 Å². The molecule has 0 saturated carbocycles. The van der Waals surface area contributed by atoms with Crippen molar-refractivity contribution in [2.75, 3.05) is 13.1 Å². The van der Waals surface area contributed by atoms with Gasteiger partial charge in [-0.05, 0) is 24.2 Å². The van der Waals surface area contributed by atoms with E-state index in [0.29, 0.717) is 17.7 Å². The Labute approximate surface area is 87.7 Å². The Kier molecular flexibility index (Phi) is 3.57. The van der Waals surface area contributed by atoms with Crippen molar-refractivity contribution in [1.29, 1.82) is 0 Å². The van der Waals surface area contributed by atoms with Crippen LogP contribution in [-0.2, 0) is 4.79 Å². The van der Waals surface area contributed by atoms with E-state index in [1.165, 1.54) is 12.8 Å². The minimum absolute atomic E-state index is 0.317. The zero-order valence-electron chi connectivity index (χ0n) is 9.97. The van der Waals surface area contributed by atoms with Crippen LogP contribution in [0.3, 0.4) is 0 Å². The standard InChI is InChI=1S/C12H23NO/c1-5-11(14)13-7-6-12(4,9-13)8-10(2)3/h10H,5-9H2,1-4H3. The first-order valence-corrected chi connectivity index (χ1v) is 5.74. The zero-order chi connectivity index (χ0) is 10.8. The summed E-state index contributed by atoms with van der Waals surface area (Å²) in [6.45, 7) is 10.7. The highest BCUT2D eigenvalue weighted by Crippen LogP contribution is 2.36. The van der Waals surface area contributed by atoms with E-state index in [1.54, 1.807) is 0 Å². The van der Waals surface area contributed by atoms with Gasteiger partial charge in [0.2, 0.25) is 5.91 Å². The van der Waals surface area contributed by atoms with Gasteiger partial charge in [-0.3, -0.25) is 4.79 Å². The highest BCUT2D eigenvalue weighted by Gasteiger charge is 2.35. The van der Waals surface area contributed by atoms with Crippen LogP contribution >= 0.6 is 0 Å². The number of likely N-dealkylation sites (tertiary alicyclic amines) is 1. The molecular formula is C12H23NO. The minimum Gasteiger partial charge on any atom is -0.342 e. The molecule has 82 valence electrons. The Hall–Kier alpha value is -0.530. The second-order valence-corrected chi connectivity index (χ2v) is 5.33. The maximum absolute atomic E-state index is 11.5. The zero-order valence-corrected chi connectivity index (χ0v) is 9.97. The second kappa shape index (κ2) is 4.33. The van der Waals surface area contributed by atoms with Gasteiger partial charge in [0.05, 0.1) is 0 Å². The van der Waals surface area contributed by atoms with E-state index >= 15 is 0 Å². The van der Waals surface area contributed by atoms with Gasteiger partial charge in [-0.1, -0.05) is 27.7 Å². The Balaban J connectivity index is 2.50. The number of nitrogens with zero attached hydrogens (tertiary/aromatic N) is 1. The molecule has 1 aliphatic heterocycles. The Bertz CT molecular complexity index is 212. The topological polar surface area (TPSA) is 20.3 Å². The molecular weight excluding hydrogens is 174 g/mol. The summed E-state index contributed by atoms with van der Waals surface area (Å²) in [5.74, 6) is 1.05. The average Bonchev–Trinajstić information content (AvgIpc) is 2.45. The molecule has 1 amide bonds. The lowest BCUT2D eigenvalue weighted by molar-refractivity contribution is -0.130. The van der Waals surface area contributed by atoms with Crippen LogP contribution in [0.2, 0.25) is 0 Å². The van der Waals surface area contributed by atoms with E-state index in [0.717, 1.165) is 19.0 Å². The number of hydrogen-bond acceptors (Lipinski definition) is 1. The molecule has 0 bridgehead atoms. The van der Waals surface area contributed by atoms with Crippen molar-refractivity contribution in [3.8, 4) is 0 Å². The number of hydrogen-bond donors (Lipinski definition) is 0. The molecule has 1 rings (SSSR count). The second-order valence-electron chi connectivity index (χ2n) is 5.33. The van der Waals surface area contributed by atoms with Gasteiger partial charge in [-0.25, -0.2) is 0 Å². The number of carbonyl (C=O) groups is 1. The number of carbonyl (C=O) groups excluding carboxylic acids is 1. The van der Waals surface area contributed by atoms with Gasteiger partial charge >= 0.3 is 0 Å². The predicted octanol–water partition coefficient (Wildman–Crippen LogP) is 2.68. The van der Waals surface area contributed by atoms with Crippen molar-refractivity contribution in [1.82, 2.24) is 4.90 Å². The lowest BCUT2D eigenvalue weighted by atomic mass is 9.81. The number of rotatable bonds is 3. The molecule has 0 aromatic rings. The fraction of sp³-hybridized carbons (Fsp3) is 0.917. The summed E-state index contributed by atoms with van der Waals surface area (Å²) in [4.78, 5) is 13.5. The quantitative estimate of drug-likeness (QED) is 0.681. The van der Waals surface area contributed by atoms with Crippen LogP contribution in [0.4, 0.5) is 0 Å². The van der Waals surface area contributed by atoms with Crippen LogP contribution < -0.4 is 0 Å². The normalized spacial score (nSPS) is 27.4. The highest BCUT2D eigenvalue weighted by molar-refractivity contribution is 5.76. The van der Waals surface area contributed by atoms with Crippen molar-refractivity contribution in [2.24, 2.45) is 11.3 Å². The summed E-state index contributed by atoms with van der Waals surface area (Å²) in [5, 5.41) is 0. The third-order valence-corrected chi connectivity index (χ3v) is 3.11. The van der Waals surface area contributed by atoms with E-state index in [1.807, 2.05) is 11.8 Å². The molecule has 1 aliphatic rings. The lowest BCUT2D eigenvalue weighted by Gasteiger charge is -2.26. The molecule has 1 atom stereocenters. The third kappa shape index (κ3) is 2.73. The van der Waals surface area contributed by atoms with E-state index in [2.05, 4.69) is 20.8 Å². The SMILES string of the molecule is CCC(=O)N1CCC(C)(CC(C)C)C1. The molecule has 2 nitrogen and oxygen atoms in total. The van der Waals surface area contributed by atoms with Crippen LogP contribution in [0.5, 0.6) is 0 Å². The first-order chi connectivity index (χ1) is 6.47. The van der Waals surface area contributed by atoms with E-state index in [4.69, 9.17) is 0 Å². The molecule has 0 aromatic carbocycles. The first kappa shape index (κ1) is 11.5. The smallest absolute Gasteiger partial charge is 0.222 e. The molecule has 0 spiro atoms. The summed E-state index contributed by atoms with van der Waals surface area (Å²) in [6.07, 6.45) is 3.06. The van der Waals surface area contributed by atoms with E-state index in [9.17, 15) is 4.79 Å². The molecule has 2 heteroatoms. The Morgan fingerprint density at radius 1 is 1.50 bits per heavy atom. The Morgan fingerprint density at radius 2 is 2.14 bits per heavy atom. The fourth-order valence-corrected chi connectivity index (χ4v) is 2.61. The van der Waals surface area contributed by atoms with Crippen LogP contribution in [0.1, 0.15) is 47.0 Å². The van der Waals surface area contributed by atoms with Crippen molar-refractivity contribution < 1.29 is 4.79 Å². The van der Waals surface area contributed by atoms with Crippen LogP contribution in [-0.4, -0.2) is 23.9 Å². The van der Waals surface area contributed by atoms with Gasteiger partial charge in [0.1, 0.15) is 0 Å². The van der Waals surface area contributed by atoms with Gasteiger partial charge in [-0.2, -0.15) is 0 Å². The average molecular weight is 197 g/mol. The lowest BCUT2D eigenvalue weighted by Crippen LogP contribution is -2.30. The molecule has 1 saturated heterocycles. The minimum atomic E-state index is 0.317. The van der Waals surface area contributed by atoms with Gasteiger partial charge < -0.3 is 4.90 Å². The van der Waals surface area contributed by atoms with Gasteiger partial charge in [0.25, 0.3) is 0 Å². The van der Waals surface area contributed by atoms with Crippen molar-refractivity contribution >= 4 is 5.91 Å². The summed E-state index contributed by atoms with van der Waals surface area (Å²) >= 11 is 0. The third-order valence-electron chi connectivity index (χ3n) is 3.11. The molecule has 0 radical (unpaired) electrons. The van der Waals surface area contributed by atoms with Crippen molar-refractivity contribution in [3.63, 3.8) is 0 Å². The van der Waals surface area contributed by atoms with E-state index in [-0.39, 0.29) is 0 Å². The molecule has 1 heterocycles. The largest absolute Gasteiger partial charge is 0.342 e. The predicted molar refractivity (Wildman–Crippen MR) is 59.1 cm³/mol. The van der Waals surface area contributed by atoms with Gasteiger partial charge in [0.15, 0.2) is 0 Å². The summed E-state index contributed by atoms with van der Waals surface area (Å²) in [7, 11) is 0. The molecule has 14 heavy (non-hydrogen) atoms. The summed E-state index contributed by atoms with van der Waals surface area (Å²) in [5.41, 5.74) is 0.374. The van der Waals surface area contributed by atoms with Crippen LogP contribution in [0.15, 0.2) is 0 Å². The Morgan fingerprint density at radius 3 is 2.64 bits per heavy atom. The summed E-state index contributed by atoms with van der Waals surface area (Å²) in [6, 6.07) is 0. The number of amides is 1. The monoisotopic (exact) mass is 197 g/mol. The molecule has 0 aliphatic carbocycles. The van der Waals surface area contributed by atoms with Crippen LogP contribution in [0, 0.1) is 11.3 Å². The fourth-order valence-electron chi connectivity index (χ4n) is 2.61. The van der Waals surface area contributed by atoms with E-state index < -0.39 is 0 Å². The maximum atomic E-state index is 11.5. The molecule has 0 aromatic heterocycles. The van der Waals surface area contributed by atoms with Crippen molar-refractivity contribution in [2.45, 2.75) is 47.0 Å². The molecule has 0 N–H and O–H groups in total. The first-order valence-electron chi connectivity index (χ1n) is 5.74. The van der Waals surface area contributed by atoms with Gasteiger partial charge in [0, 0.05) is 19.5 Å². The maximum Gasteiger partial charge on any atom is 0.222 e. The highest BCUT2D eigenvalue weighted by atomic mass is 16.2. The van der Waals surface area contributed by atoms with Crippen molar-refractivity contribution in [3.05, 3.63) is 0 Å². The summed E-state index contributed by atoms with van der Waals surface area (Å²) < 4.78 is 0. The molecule has 1 fully saturated rings.